The number of fused-ring (bicyclic) bond motifs is 12. The molecule has 0 spiro atoms. The van der Waals surface area contributed by atoms with Gasteiger partial charge in [-0.3, -0.25) is 0 Å². The van der Waals surface area contributed by atoms with Crippen molar-refractivity contribution in [3.63, 3.8) is 0 Å². The summed E-state index contributed by atoms with van der Waals surface area (Å²) in [6, 6.07) is 58.9. The zero-order chi connectivity index (χ0) is 48.7. The van der Waals surface area contributed by atoms with Gasteiger partial charge in [0.05, 0.1) is 11.1 Å². The van der Waals surface area contributed by atoms with Crippen LogP contribution in [0.15, 0.2) is 156 Å². The average Bonchev–Trinajstić information content (AvgIpc) is 3.74. The Labute approximate surface area is 420 Å². The number of para-hydroxylation sites is 2. The Balaban J connectivity index is 1.13. The van der Waals surface area contributed by atoms with Crippen molar-refractivity contribution >= 4 is 68.1 Å². The van der Waals surface area contributed by atoms with Gasteiger partial charge >= 0.3 is 6.85 Å². The molecule has 2 aliphatic carbocycles. The molecule has 3 aliphatic heterocycles. The second-order valence-electron chi connectivity index (χ2n) is 24.7. The molecule has 0 N–H and O–H groups in total. The Kier molecular flexibility index (Phi) is 8.62. The molecule has 0 saturated carbocycles. The van der Waals surface area contributed by atoms with Gasteiger partial charge in [0.15, 0.2) is 5.58 Å². The summed E-state index contributed by atoms with van der Waals surface area (Å²) >= 11 is 0. The van der Waals surface area contributed by atoms with Gasteiger partial charge < -0.3 is 14.1 Å². The molecule has 0 bridgehead atoms. The Morgan fingerprint density at radius 3 is 1.69 bits per heavy atom. The van der Waals surface area contributed by atoms with Crippen LogP contribution in [0.1, 0.15) is 137 Å². The highest BCUT2D eigenvalue weighted by Gasteiger charge is 2.54. The van der Waals surface area contributed by atoms with E-state index < -0.39 is 5.41 Å². The van der Waals surface area contributed by atoms with Gasteiger partial charge in [-0.25, -0.2) is 0 Å². The normalized spacial score (nSPS) is 18.8. The number of nitrogens with zero attached hydrogens (tertiary/aromatic N) is 2. The van der Waals surface area contributed by atoms with E-state index in [4.69, 9.17) is 4.42 Å². The molecular weight excluding hydrogens is 860 g/mol. The van der Waals surface area contributed by atoms with Gasteiger partial charge in [0.1, 0.15) is 5.58 Å². The molecule has 4 heteroatoms. The van der Waals surface area contributed by atoms with E-state index >= 15 is 0 Å². The molecule has 71 heavy (non-hydrogen) atoms. The van der Waals surface area contributed by atoms with Crippen LogP contribution in [0.25, 0.3) is 33.1 Å². The number of benzene rings is 8. The van der Waals surface area contributed by atoms with Gasteiger partial charge in [-0.15, -0.1) is 0 Å². The lowest BCUT2D eigenvalue weighted by Crippen LogP contribution is -2.63. The molecule has 0 amide bonds. The Hall–Kier alpha value is -6.78. The van der Waals surface area contributed by atoms with Crippen molar-refractivity contribution in [3.05, 3.63) is 207 Å². The van der Waals surface area contributed by atoms with Crippen LogP contribution in [0, 0.1) is 13.8 Å². The van der Waals surface area contributed by atoms with Crippen LogP contribution in [0.5, 0.6) is 0 Å². The number of hydrogen-bond acceptors (Lipinski definition) is 3. The fourth-order valence-corrected chi connectivity index (χ4v) is 14.6. The molecule has 14 rings (SSSR count). The minimum Gasteiger partial charge on any atom is -0.454 e. The molecule has 4 heterocycles. The van der Waals surface area contributed by atoms with Gasteiger partial charge in [0.25, 0.3) is 0 Å². The predicted octanol–water partition coefficient (Wildman–Crippen LogP) is 16.3. The summed E-state index contributed by atoms with van der Waals surface area (Å²) < 4.78 is 7.58. The van der Waals surface area contributed by atoms with Crippen molar-refractivity contribution in [3.8, 4) is 11.1 Å². The molecule has 350 valence electrons. The largest absolute Gasteiger partial charge is 0.454 e. The van der Waals surface area contributed by atoms with Crippen LogP contribution < -0.4 is 20.6 Å². The summed E-state index contributed by atoms with van der Waals surface area (Å²) in [6.45, 7) is 24.1. The first kappa shape index (κ1) is 43.0. The third kappa shape index (κ3) is 5.63. The van der Waals surface area contributed by atoms with Crippen LogP contribution in [0.2, 0.25) is 0 Å². The molecule has 3 nitrogen and oxygen atoms in total. The summed E-state index contributed by atoms with van der Waals surface area (Å²) in [5, 5.41) is 2.39. The van der Waals surface area contributed by atoms with Gasteiger partial charge in [0.2, 0.25) is 0 Å². The number of furan rings is 1. The van der Waals surface area contributed by atoms with E-state index in [2.05, 4.69) is 231 Å². The molecular formula is C67H63BN2O. The molecule has 0 unspecified atom stereocenters. The van der Waals surface area contributed by atoms with Gasteiger partial charge in [-0.05, 0) is 164 Å². The summed E-state index contributed by atoms with van der Waals surface area (Å²) in [7, 11) is 0. The van der Waals surface area contributed by atoms with E-state index in [1.165, 1.54) is 124 Å². The standard InChI is InChI=1S/C67H63BN2O/c1-40-34-47-44-24-19-26-49-60(44)70(55-27-18-17-25-48(55)67(49,42-20-13-11-14-21-42)43-22-15-12-16-23-43)68-54-29-28-45-46-37-51-53(66(9,10)33-31-64(51,5)6)39-58(46)71-62(45)61(54)69(57(35-40)59(47)68)56-38-52-50(36-41(56)2)63(3,4)30-32-65(52,7)8/h11-29,34-39H,30-33H2,1-10H3. The third-order valence-electron chi connectivity index (χ3n) is 18.6. The lowest BCUT2D eigenvalue weighted by molar-refractivity contribution is 0.332. The van der Waals surface area contributed by atoms with Crippen molar-refractivity contribution in [1.82, 2.24) is 0 Å². The van der Waals surface area contributed by atoms with E-state index in [-0.39, 0.29) is 28.5 Å². The number of aryl methyl sites for hydroxylation is 2. The zero-order valence-corrected chi connectivity index (χ0v) is 43.1. The van der Waals surface area contributed by atoms with E-state index in [0.29, 0.717) is 0 Å². The molecule has 0 radical (unpaired) electrons. The average molecular weight is 923 g/mol. The highest BCUT2D eigenvalue weighted by molar-refractivity contribution is 6.94. The Bertz CT molecular complexity index is 3720. The second-order valence-corrected chi connectivity index (χ2v) is 24.7. The van der Waals surface area contributed by atoms with Crippen molar-refractivity contribution < 1.29 is 4.42 Å². The molecule has 1 aromatic heterocycles. The first-order valence-corrected chi connectivity index (χ1v) is 26.3. The molecule has 0 fully saturated rings. The van der Waals surface area contributed by atoms with E-state index in [9.17, 15) is 0 Å². The minimum atomic E-state index is -0.571. The highest BCUT2D eigenvalue weighted by Crippen LogP contribution is 2.61. The van der Waals surface area contributed by atoms with E-state index in [1.54, 1.807) is 0 Å². The minimum absolute atomic E-state index is 0.0292. The quantitative estimate of drug-likeness (QED) is 0.165. The molecule has 5 aliphatic rings. The van der Waals surface area contributed by atoms with Gasteiger partial charge in [0, 0.05) is 39.1 Å². The van der Waals surface area contributed by atoms with Gasteiger partial charge in [-0.2, -0.15) is 0 Å². The first-order chi connectivity index (χ1) is 34.0. The SMILES string of the molecule is Cc1cc2c3c(c1)N(c1cc4c(cc1C)C(C)(C)CCC4(C)C)c1c(ccc4c1oc1cc5c(cc14)C(C)(C)CCC5(C)C)B3N1c3ccccc3C(c3ccccc3)(c3ccccc3)c3cccc-2c31. The summed E-state index contributed by atoms with van der Waals surface area (Å²) in [5.41, 5.74) is 26.5. The van der Waals surface area contributed by atoms with Crippen molar-refractivity contribution in [2.24, 2.45) is 0 Å². The van der Waals surface area contributed by atoms with Gasteiger partial charge in [-0.1, -0.05) is 177 Å². The number of rotatable bonds is 3. The van der Waals surface area contributed by atoms with Crippen LogP contribution >= 0.6 is 0 Å². The van der Waals surface area contributed by atoms with Crippen LogP contribution in [-0.2, 0) is 27.1 Å². The lowest BCUT2D eigenvalue weighted by Gasteiger charge is -2.53. The van der Waals surface area contributed by atoms with Crippen LogP contribution in [0.3, 0.4) is 0 Å². The molecule has 8 aromatic carbocycles. The fraction of sp³-hybridized carbons (Fsp3) is 0.284. The van der Waals surface area contributed by atoms with Crippen molar-refractivity contribution in [1.29, 1.82) is 0 Å². The molecule has 0 saturated heterocycles. The van der Waals surface area contributed by atoms with Crippen LogP contribution in [0.4, 0.5) is 28.4 Å². The molecule has 0 atom stereocenters. The Morgan fingerprint density at radius 1 is 0.451 bits per heavy atom. The first-order valence-electron chi connectivity index (χ1n) is 26.3. The molecule has 9 aromatic rings. The van der Waals surface area contributed by atoms with E-state index in [0.717, 1.165) is 29.7 Å². The maximum absolute atomic E-state index is 7.58. The van der Waals surface area contributed by atoms with Crippen LogP contribution in [-0.4, -0.2) is 6.85 Å². The van der Waals surface area contributed by atoms with Crippen molar-refractivity contribution in [2.45, 2.75) is 122 Å². The number of hydrogen-bond donors (Lipinski definition) is 0. The van der Waals surface area contributed by atoms with Crippen molar-refractivity contribution in [2.75, 3.05) is 9.71 Å². The maximum atomic E-state index is 7.58. The van der Waals surface area contributed by atoms with E-state index in [1.807, 2.05) is 0 Å². The smallest absolute Gasteiger partial charge is 0.333 e. The predicted molar refractivity (Wildman–Crippen MR) is 299 cm³/mol. The Morgan fingerprint density at radius 2 is 1.03 bits per heavy atom. The monoisotopic (exact) mass is 923 g/mol. The summed E-state index contributed by atoms with van der Waals surface area (Å²) in [4.78, 5) is 5.40. The second kappa shape index (κ2) is 14.2. The lowest BCUT2D eigenvalue weighted by atomic mass is 9.42. The third-order valence-corrected chi connectivity index (χ3v) is 18.6. The zero-order valence-electron chi connectivity index (χ0n) is 43.1. The number of anilines is 5. The highest BCUT2D eigenvalue weighted by atomic mass is 16.3. The summed E-state index contributed by atoms with van der Waals surface area (Å²) in [5.74, 6) is 0. The fourth-order valence-electron chi connectivity index (χ4n) is 14.6. The maximum Gasteiger partial charge on any atom is 0.333 e. The summed E-state index contributed by atoms with van der Waals surface area (Å²) in [6.07, 6.45) is 4.65. The topological polar surface area (TPSA) is 19.6 Å².